The van der Waals surface area contributed by atoms with Gasteiger partial charge in [0.2, 0.25) is 5.91 Å². The van der Waals surface area contributed by atoms with Gasteiger partial charge in [0, 0.05) is 44.2 Å². The van der Waals surface area contributed by atoms with Crippen LogP contribution in [0.3, 0.4) is 0 Å². The Labute approximate surface area is 144 Å². The number of alkyl halides is 3. The summed E-state index contributed by atoms with van der Waals surface area (Å²) >= 11 is 0. The Morgan fingerprint density at radius 3 is 2.52 bits per heavy atom. The van der Waals surface area contributed by atoms with Gasteiger partial charge in [-0.2, -0.15) is 13.2 Å². The van der Waals surface area contributed by atoms with Crippen LogP contribution in [0.15, 0.2) is 12.4 Å². The van der Waals surface area contributed by atoms with Crippen LogP contribution < -0.4 is 10.2 Å². The zero-order chi connectivity index (χ0) is 18.0. The van der Waals surface area contributed by atoms with Crippen molar-refractivity contribution in [3.63, 3.8) is 0 Å². The van der Waals surface area contributed by atoms with Crippen molar-refractivity contribution in [1.82, 2.24) is 20.2 Å². The van der Waals surface area contributed by atoms with E-state index in [1.54, 1.807) is 4.90 Å². The number of aromatic nitrogens is 2. The third kappa shape index (κ3) is 4.02. The van der Waals surface area contributed by atoms with Crippen LogP contribution in [-0.2, 0) is 11.0 Å². The van der Waals surface area contributed by atoms with E-state index in [-0.39, 0.29) is 17.6 Å². The number of amides is 1. The van der Waals surface area contributed by atoms with Crippen LogP contribution in [0.5, 0.6) is 0 Å². The molecule has 2 aliphatic rings. The molecule has 6 nitrogen and oxygen atoms in total. The van der Waals surface area contributed by atoms with Gasteiger partial charge in [0.05, 0.1) is 0 Å². The largest absolute Gasteiger partial charge is 0.433 e. The maximum absolute atomic E-state index is 12.8. The first-order valence-corrected chi connectivity index (χ1v) is 8.48. The Balaban J connectivity index is 1.58. The Morgan fingerprint density at radius 1 is 1.20 bits per heavy atom. The van der Waals surface area contributed by atoms with E-state index in [0.29, 0.717) is 32.2 Å². The lowest BCUT2D eigenvalue weighted by atomic mass is 10.1. The summed E-state index contributed by atoms with van der Waals surface area (Å²) in [6, 6.07) is 1.36. The Morgan fingerprint density at radius 2 is 1.92 bits per heavy atom. The van der Waals surface area contributed by atoms with E-state index in [9.17, 15) is 18.0 Å². The molecule has 0 spiro atoms. The molecule has 0 radical (unpaired) electrons. The maximum atomic E-state index is 12.8. The van der Waals surface area contributed by atoms with Gasteiger partial charge >= 0.3 is 6.18 Å². The number of carbonyl (C=O) groups is 1. The first kappa shape index (κ1) is 17.9. The molecule has 9 heteroatoms. The molecule has 0 bridgehead atoms. The van der Waals surface area contributed by atoms with Crippen LogP contribution in [0.25, 0.3) is 0 Å². The van der Waals surface area contributed by atoms with Crippen molar-refractivity contribution in [1.29, 1.82) is 0 Å². The summed E-state index contributed by atoms with van der Waals surface area (Å²) in [5.74, 6) is 0.474. The second kappa shape index (κ2) is 7.15. The van der Waals surface area contributed by atoms with Crippen LogP contribution in [0.2, 0.25) is 0 Å². The van der Waals surface area contributed by atoms with Crippen molar-refractivity contribution in [3.8, 4) is 0 Å². The molecule has 2 heterocycles. The number of rotatable bonds is 3. The number of carbonyl (C=O) groups excluding carboxylic acids is 1. The predicted molar refractivity (Wildman–Crippen MR) is 86.0 cm³/mol. The number of hydrogen-bond donors (Lipinski definition) is 1. The fourth-order valence-corrected chi connectivity index (χ4v) is 3.56. The molecule has 1 aliphatic carbocycles. The van der Waals surface area contributed by atoms with E-state index in [4.69, 9.17) is 0 Å². The summed E-state index contributed by atoms with van der Waals surface area (Å²) in [6.07, 6.45) is -0.788. The third-order valence-corrected chi connectivity index (χ3v) is 5.05. The molecule has 1 amide bonds. The lowest BCUT2D eigenvalue weighted by Crippen LogP contribution is -2.50. The lowest BCUT2D eigenvalue weighted by molar-refractivity contribution is -0.141. The average Bonchev–Trinajstić information content (AvgIpc) is 3.10. The summed E-state index contributed by atoms with van der Waals surface area (Å²) in [6.45, 7) is 1.96. The number of nitrogens with one attached hydrogen (secondary N) is 1. The standard InChI is InChI=1S/C16H22F3N5O/c1-20-12-3-2-11(8-12)15(25)24-6-4-23(5-7-24)14-9-13(16(17,18)19)21-10-22-14/h9-12,20H,2-8H2,1H3. The van der Waals surface area contributed by atoms with Gasteiger partial charge in [0.1, 0.15) is 17.8 Å². The summed E-state index contributed by atoms with van der Waals surface area (Å²) in [4.78, 5) is 23.4. The van der Waals surface area contributed by atoms with Crippen LogP contribution in [0.1, 0.15) is 25.0 Å². The van der Waals surface area contributed by atoms with E-state index in [2.05, 4.69) is 15.3 Å². The molecular weight excluding hydrogens is 335 g/mol. The molecule has 1 aromatic rings. The first-order chi connectivity index (χ1) is 11.9. The second-order valence-electron chi connectivity index (χ2n) is 6.57. The molecule has 2 fully saturated rings. The molecule has 1 aromatic heterocycles. The zero-order valence-corrected chi connectivity index (χ0v) is 14.1. The van der Waals surface area contributed by atoms with Crippen molar-refractivity contribution in [3.05, 3.63) is 18.1 Å². The molecule has 0 aromatic carbocycles. The lowest BCUT2D eigenvalue weighted by Gasteiger charge is -2.36. The highest BCUT2D eigenvalue weighted by molar-refractivity contribution is 5.79. The summed E-state index contributed by atoms with van der Waals surface area (Å²) in [5, 5.41) is 3.21. The Kier molecular flexibility index (Phi) is 5.12. The molecule has 138 valence electrons. The van der Waals surface area contributed by atoms with Gasteiger partial charge in [-0.15, -0.1) is 0 Å². The maximum Gasteiger partial charge on any atom is 0.433 e. The number of nitrogens with zero attached hydrogens (tertiary/aromatic N) is 4. The molecule has 1 N–H and O–H groups in total. The fraction of sp³-hybridized carbons (Fsp3) is 0.688. The van der Waals surface area contributed by atoms with Crippen molar-refractivity contribution in [2.45, 2.75) is 31.5 Å². The molecule has 3 rings (SSSR count). The molecule has 2 atom stereocenters. The highest BCUT2D eigenvalue weighted by atomic mass is 19.4. The van der Waals surface area contributed by atoms with Crippen molar-refractivity contribution in [2.24, 2.45) is 5.92 Å². The average molecular weight is 357 g/mol. The van der Waals surface area contributed by atoms with E-state index in [1.165, 1.54) is 0 Å². The quantitative estimate of drug-likeness (QED) is 0.889. The van der Waals surface area contributed by atoms with Crippen LogP contribution in [-0.4, -0.2) is 60.0 Å². The van der Waals surface area contributed by atoms with Gasteiger partial charge in [-0.3, -0.25) is 4.79 Å². The van der Waals surface area contributed by atoms with Crippen molar-refractivity contribution < 1.29 is 18.0 Å². The van der Waals surface area contributed by atoms with Crippen LogP contribution in [0.4, 0.5) is 19.0 Å². The zero-order valence-electron chi connectivity index (χ0n) is 14.1. The molecule has 25 heavy (non-hydrogen) atoms. The SMILES string of the molecule is CNC1CCC(C(=O)N2CCN(c3cc(C(F)(F)F)ncn3)CC2)C1. The Hall–Kier alpha value is -1.90. The summed E-state index contributed by atoms with van der Waals surface area (Å²) in [5.41, 5.74) is -0.944. The molecular formula is C16H22F3N5O. The van der Waals surface area contributed by atoms with Gasteiger partial charge in [0.15, 0.2) is 0 Å². The van der Waals surface area contributed by atoms with E-state index in [0.717, 1.165) is 31.7 Å². The number of hydrogen-bond acceptors (Lipinski definition) is 5. The topological polar surface area (TPSA) is 61.4 Å². The number of piperazine rings is 1. The highest BCUT2D eigenvalue weighted by Crippen LogP contribution is 2.30. The van der Waals surface area contributed by atoms with Crippen molar-refractivity contribution in [2.75, 3.05) is 38.1 Å². The molecule has 1 aliphatic heterocycles. The van der Waals surface area contributed by atoms with Crippen LogP contribution >= 0.6 is 0 Å². The highest BCUT2D eigenvalue weighted by Gasteiger charge is 2.35. The van der Waals surface area contributed by atoms with Gasteiger partial charge in [0.25, 0.3) is 0 Å². The van der Waals surface area contributed by atoms with Gasteiger partial charge in [-0.1, -0.05) is 0 Å². The minimum absolute atomic E-state index is 0.0554. The van der Waals surface area contributed by atoms with Gasteiger partial charge in [-0.25, -0.2) is 9.97 Å². The second-order valence-corrected chi connectivity index (χ2v) is 6.57. The molecule has 2 unspecified atom stereocenters. The normalized spacial score (nSPS) is 24.6. The van der Waals surface area contributed by atoms with E-state index >= 15 is 0 Å². The molecule has 1 saturated heterocycles. The van der Waals surface area contributed by atoms with E-state index in [1.807, 2.05) is 11.9 Å². The van der Waals surface area contributed by atoms with Crippen molar-refractivity contribution >= 4 is 11.7 Å². The third-order valence-electron chi connectivity index (χ3n) is 5.05. The monoisotopic (exact) mass is 357 g/mol. The smallest absolute Gasteiger partial charge is 0.353 e. The van der Waals surface area contributed by atoms with Gasteiger partial charge in [-0.05, 0) is 26.3 Å². The number of anilines is 1. The number of halogens is 3. The van der Waals surface area contributed by atoms with E-state index < -0.39 is 11.9 Å². The summed E-state index contributed by atoms with van der Waals surface area (Å²) < 4.78 is 38.3. The predicted octanol–water partition coefficient (Wildman–Crippen LogP) is 1.53. The fourth-order valence-electron chi connectivity index (χ4n) is 3.56. The van der Waals surface area contributed by atoms with Gasteiger partial charge < -0.3 is 15.1 Å². The summed E-state index contributed by atoms with van der Waals surface area (Å²) in [7, 11) is 1.91. The first-order valence-electron chi connectivity index (χ1n) is 8.48. The van der Waals surface area contributed by atoms with Crippen LogP contribution in [0, 0.1) is 5.92 Å². The minimum atomic E-state index is -4.48. The molecule has 1 saturated carbocycles. The minimum Gasteiger partial charge on any atom is -0.353 e. The Bertz CT molecular complexity index is 616.